The van der Waals surface area contributed by atoms with Gasteiger partial charge in [-0.05, 0) is 59.0 Å². The van der Waals surface area contributed by atoms with Crippen molar-refractivity contribution in [3.8, 4) is 0 Å². The summed E-state index contributed by atoms with van der Waals surface area (Å²) in [6, 6.07) is 36.2. The summed E-state index contributed by atoms with van der Waals surface area (Å²) in [5.41, 5.74) is 3.44. The topological polar surface area (TPSA) is 95.6 Å². The lowest BCUT2D eigenvalue weighted by molar-refractivity contribution is -0.128. The van der Waals surface area contributed by atoms with Gasteiger partial charge in [-0.2, -0.15) is 0 Å². The third-order valence-corrected chi connectivity index (χ3v) is 9.72. The Bertz CT molecular complexity index is 1850. The highest BCUT2D eigenvalue weighted by molar-refractivity contribution is 8.00. The molecule has 0 unspecified atom stereocenters. The fourth-order valence-electron chi connectivity index (χ4n) is 4.92. The number of nitrogens with one attached hydrogen (secondary N) is 2. The first-order valence-electron chi connectivity index (χ1n) is 13.3. The quantitative estimate of drug-likeness (QED) is 0.210. The third-order valence-electron chi connectivity index (χ3n) is 7.08. The SMILES string of the molecule is O=C(Nc1ccc(S(=O)(=O)Nc2cccc3ccccc23)cc1)c1ccc([C@H]2SCC(=O)N2Cc2ccccc2)cc1. The summed E-state index contributed by atoms with van der Waals surface area (Å²) in [7, 11) is -3.84. The standard InChI is InChI=1S/C33H27N3O4S2/c37-31-22-41-33(36(31)21-23-7-2-1-3-8-23)26-15-13-25(14-16-26)32(38)34-27-17-19-28(20-18-27)42(39,40)35-30-12-6-10-24-9-4-5-11-29(24)30/h1-20,33,35H,21-22H2,(H,34,38)/t33-/m1/s1. The second-order valence-electron chi connectivity index (χ2n) is 9.90. The molecule has 1 atom stereocenters. The first-order valence-corrected chi connectivity index (χ1v) is 15.9. The molecule has 1 aliphatic heterocycles. The molecule has 0 spiro atoms. The number of hydrogen-bond donors (Lipinski definition) is 2. The Labute approximate surface area is 248 Å². The van der Waals surface area contributed by atoms with Gasteiger partial charge in [0.1, 0.15) is 5.37 Å². The summed E-state index contributed by atoms with van der Waals surface area (Å²) < 4.78 is 28.8. The fourth-order valence-corrected chi connectivity index (χ4v) is 7.19. The van der Waals surface area contributed by atoms with E-state index in [1.807, 2.05) is 77.7 Å². The molecule has 1 fully saturated rings. The molecule has 5 aromatic carbocycles. The van der Waals surface area contributed by atoms with Gasteiger partial charge < -0.3 is 10.2 Å². The molecule has 0 aliphatic carbocycles. The summed E-state index contributed by atoms with van der Waals surface area (Å²) in [5, 5.41) is 4.45. The van der Waals surface area contributed by atoms with Crippen molar-refractivity contribution in [3.63, 3.8) is 0 Å². The van der Waals surface area contributed by atoms with Gasteiger partial charge in [0.05, 0.1) is 16.3 Å². The predicted octanol–water partition coefficient (Wildman–Crippen LogP) is 6.67. The van der Waals surface area contributed by atoms with Crippen LogP contribution in [-0.4, -0.2) is 30.9 Å². The van der Waals surface area contributed by atoms with Crippen LogP contribution in [0.3, 0.4) is 0 Å². The summed E-state index contributed by atoms with van der Waals surface area (Å²) >= 11 is 1.57. The molecule has 2 N–H and O–H groups in total. The van der Waals surface area contributed by atoms with Crippen molar-refractivity contribution in [2.24, 2.45) is 0 Å². The molecule has 5 aromatic rings. The lowest BCUT2D eigenvalue weighted by Gasteiger charge is -2.24. The van der Waals surface area contributed by atoms with Gasteiger partial charge in [-0.15, -0.1) is 11.8 Å². The smallest absolute Gasteiger partial charge is 0.261 e. The predicted molar refractivity (Wildman–Crippen MR) is 168 cm³/mol. The Morgan fingerprint density at radius 1 is 0.810 bits per heavy atom. The monoisotopic (exact) mass is 593 g/mol. The maximum absolute atomic E-state index is 13.1. The van der Waals surface area contributed by atoms with Crippen LogP contribution in [0.2, 0.25) is 0 Å². The number of benzene rings is 5. The Hall–Kier alpha value is -4.60. The van der Waals surface area contributed by atoms with Crippen molar-refractivity contribution in [1.82, 2.24) is 4.90 Å². The molecule has 1 saturated heterocycles. The molecule has 1 heterocycles. The molecule has 2 amide bonds. The van der Waals surface area contributed by atoms with Crippen molar-refractivity contribution >= 4 is 55.7 Å². The molecule has 0 saturated carbocycles. The van der Waals surface area contributed by atoms with E-state index in [1.165, 1.54) is 12.1 Å². The minimum atomic E-state index is -3.84. The average Bonchev–Trinajstić information content (AvgIpc) is 3.37. The number of thioether (sulfide) groups is 1. The third kappa shape index (κ3) is 5.88. The first kappa shape index (κ1) is 27.6. The minimum absolute atomic E-state index is 0.0847. The molecule has 210 valence electrons. The minimum Gasteiger partial charge on any atom is -0.322 e. The van der Waals surface area contributed by atoms with Gasteiger partial charge in [-0.25, -0.2) is 8.42 Å². The van der Waals surface area contributed by atoms with Crippen molar-refractivity contribution in [1.29, 1.82) is 0 Å². The van der Waals surface area contributed by atoms with Crippen LogP contribution in [-0.2, 0) is 21.4 Å². The normalized spacial score (nSPS) is 15.1. The second-order valence-corrected chi connectivity index (χ2v) is 12.7. The van der Waals surface area contributed by atoms with E-state index >= 15 is 0 Å². The van der Waals surface area contributed by atoms with Crippen LogP contribution in [0.25, 0.3) is 10.8 Å². The lowest BCUT2D eigenvalue weighted by atomic mass is 10.1. The molecular formula is C33H27N3O4S2. The number of anilines is 2. The Morgan fingerprint density at radius 2 is 1.50 bits per heavy atom. The Kier molecular flexibility index (Phi) is 7.69. The molecule has 42 heavy (non-hydrogen) atoms. The highest BCUT2D eigenvalue weighted by atomic mass is 32.2. The molecule has 0 bridgehead atoms. The van der Waals surface area contributed by atoms with Crippen LogP contribution >= 0.6 is 11.8 Å². The number of carbonyl (C=O) groups excluding carboxylic acids is 2. The molecule has 0 aromatic heterocycles. The molecule has 6 rings (SSSR count). The summed E-state index contributed by atoms with van der Waals surface area (Å²) in [5.74, 6) is 0.193. The highest BCUT2D eigenvalue weighted by Gasteiger charge is 2.32. The second kappa shape index (κ2) is 11.7. The summed E-state index contributed by atoms with van der Waals surface area (Å²) in [4.78, 5) is 27.5. The van der Waals surface area contributed by atoms with E-state index in [0.717, 1.165) is 21.9 Å². The molecule has 0 radical (unpaired) electrons. The highest BCUT2D eigenvalue weighted by Crippen LogP contribution is 2.39. The van der Waals surface area contributed by atoms with Gasteiger partial charge in [0.25, 0.3) is 15.9 Å². The van der Waals surface area contributed by atoms with Crippen LogP contribution in [0.5, 0.6) is 0 Å². The number of fused-ring (bicyclic) bond motifs is 1. The van der Waals surface area contributed by atoms with Crippen LogP contribution in [0.15, 0.2) is 126 Å². The van der Waals surface area contributed by atoms with E-state index in [-0.39, 0.29) is 22.1 Å². The van der Waals surface area contributed by atoms with Crippen molar-refractivity contribution < 1.29 is 18.0 Å². The number of nitrogens with zero attached hydrogens (tertiary/aromatic N) is 1. The van der Waals surface area contributed by atoms with E-state index < -0.39 is 10.0 Å². The maximum Gasteiger partial charge on any atom is 0.261 e. The molecular weight excluding hydrogens is 567 g/mol. The number of hydrogen-bond acceptors (Lipinski definition) is 5. The van der Waals surface area contributed by atoms with Gasteiger partial charge in [-0.1, -0.05) is 78.9 Å². The Morgan fingerprint density at radius 3 is 2.26 bits per heavy atom. The van der Waals surface area contributed by atoms with Crippen LogP contribution in [0.1, 0.15) is 26.9 Å². The van der Waals surface area contributed by atoms with Crippen LogP contribution < -0.4 is 10.0 Å². The summed E-state index contributed by atoms with van der Waals surface area (Å²) in [6.45, 7) is 0.531. The van der Waals surface area contributed by atoms with Crippen LogP contribution in [0, 0.1) is 0 Å². The fraction of sp³-hybridized carbons (Fsp3) is 0.0909. The lowest BCUT2D eigenvalue weighted by Crippen LogP contribution is -2.27. The van der Waals surface area contributed by atoms with E-state index in [1.54, 1.807) is 48.2 Å². The van der Waals surface area contributed by atoms with Gasteiger partial charge in [0, 0.05) is 23.2 Å². The largest absolute Gasteiger partial charge is 0.322 e. The zero-order valence-corrected chi connectivity index (χ0v) is 24.1. The maximum atomic E-state index is 13.1. The van der Waals surface area contributed by atoms with Gasteiger partial charge in [-0.3, -0.25) is 14.3 Å². The van der Waals surface area contributed by atoms with E-state index in [4.69, 9.17) is 0 Å². The van der Waals surface area contributed by atoms with Crippen LogP contribution in [0.4, 0.5) is 11.4 Å². The van der Waals surface area contributed by atoms with E-state index in [0.29, 0.717) is 29.2 Å². The van der Waals surface area contributed by atoms with Gasteiger partial charge >= 0.3 is 0 Å². The molecule has 9 heteroatoms. The zero-order chi connectivity index (χ0) is 29.1. The van der Waals surface area contributed by atoms with E-state index in [2.05, 4.69) is 10.0 Å². The first-order chi connectivity index (χ1) is 20.4. The molecule has 1 aliphatic rings. The average molecular weight is 594 g/mol. The number of sulfonamides is 1. The van der Waals surface area contributed by atoms with E-state index in [9.17, 15) is 18.0 Å². The number of rotatable bonds is 8. The van der Waals surface area contributed by atoms with Crippen molar-refractivity contribution in [3.05, 3.63) is 138 Å². The zero-order valence-electron chi connectivity index (χ0n) is 22.4. The van der Waals surface area contributed by atoms with Gasteiger partial charge in [0.15, 0.2) is 0 Å². The Balaban J connectivity index is 1.11. The van der Waals surface area contributed by atoms with Crippen molar-refractivity contribution in [2.75, 3.05) is 15.8 Å². The summed E-state index contributed by atoms with van der Waals surface area (Å²) in [6.07, 6.45) is 0. The number of carbonyl (C=O) groups is 2. The van der Waals surface area contributed by atoms with Crippen molar-refractivity contribution in [2.45, 2.75) is 16.8 Å². The number of amides is 2. The molecule has 7 nitrogen and oxygen atoms in total. The van der Waals surface area contributed by atoms with Gasteiger partial charge in [0.2, 0.25) is 5.91 Å².